The van der Waals surface area contributed by atoms with Crippen LogP contribution in [-0.4, -0.2) is 6.10 Å². The van der Waals surface area contributed by atoms with Gasteiger partial charge >= 0.3 is 0 Å². The third-order valence-electron chi connectivity index (χ3n) is 1.97. The smallest absolute Gasteiger partial charge is 0.138 e. The van der Waals surface area contributed by atoms with Crippen molar-refractivity contribution in [3.05, 3.63) is 28.8 Å². The Hall–Kier alpha value is -1.20. The van der Waals surface area contributed by atoms with Crippen molar-refractivity contribution in [2.75, 3.05) is 0 Å². The average Bonchev–Trinajstić information content (AvgIpc) is 2.18. The summed E-state index contributed by atoms with van der Waals surface area (Å²) < 4.78 is 5.56. The van der Waals surface area contributed by atoms with Gasteiger partial charge in [-0.3, -0.25) is 0 Å². The zero-order chi connectivity index (χ0) is 10.6. The van der Waals surface area contributed by atoms with Crippen molar-refractivity contribution < 1.29 is 4.74 Å². The van der Waals surface area contributed by atoms with E-state index in [4.69, 9.17) is 21.6 Å². The van der Waals surface area contributed by atoms with E-state index < -0.39 is 0 Å². The van der Waals surface area contributed by atoms with Crippen LogP contribution >= 0.6 is 11.6 Å². The van der Waals surface area contributed by atoms with E-state index in [1.165, 1.54) is 0 Å². The highest BCUT2D eigenvalue weighted by atomic mass is 35.5. The van der Waals surface area contributed by atoms with E-state index in [2.05, 4.69) is 6.07 Å². The number of nitriles is 1. The van der Waals surface area contributed by atoms with Crippen LogP contribution in [0.3, 0.4) is 0 Å². The molecule has 1 aromatic carbocycles. The normalized spacial score (nSPS) is 11.9. The summed E-state index contributed by atoms with van der Waals surface area (Å²) >= 11 is 5.81. The number of hydrogen-bond acceptors (Lipinski definition) is 2. The molecular weight excluding hydrogens is 198 g/mol. The van der Waals surface area contributed by atoms with Crippen molar-refractivity contribution in [2.45, 2.75) is 26.4 Å². The summed E-state index contributed by atoms with van der Waals surface area (Å²) in [6, 6.07) is 7.09. The summed E-state index contributed by atoms with van der Waals surface area (Å²) in [5, 5.41) is 9.41. The lowest BCUT2D eigenvalue weighted by molar-refractivity contribution is 0.217. The van der Waals surface area contributed by atoms with Crippen LogP contribution in [0.2, 0.25) is 5.02 Å². The van der Waals surface area contributed by atoms with Crippen molar-refractivity contribution in [1.82, 2.24) is 0 Å². The molecule has 14 heavy (non-hydrogen) atoms. The molecule has 0 radical (unpaired) electrons. The van der Waals surface area contributed by atoms with Gasteiger partial charge in [0.25, 0.3) is 0 Å². The van der Waals surface area contributed by atoms with Crippen LogP contribution < -0.4 is 4.74 Å². The van der Waals surface area contributed by atoms with Crippen LogP contribution in [0.4, 0.5) is 0 Å². The molecule has 0 aliphatic rings. The fourth-order valence-electron chi connectivity index (χ4n) is 0.986. The van der Waals surface area contributed by atoms with Gasteiger partial charge in [-0.2, -0.15) is 5.26 Å². The molecule has 0 spiro atoms. The average molecular weight is 210 g/mol. The van der Waals surface area contributed by atoms with Gasteiger partial charge in [0.1, 0.15) is 11.8 Å². The highest BCUT2D eigenvalue weighted by molar-refractivity contribution is 6.30. The highest BCUT2D eigenvalue weighted by Gasteiger charge is 2.07. The molecule has 0 amide bonds. The first-order valence-electron chi connectivity index (χ1n) is 4.53. The summed E-state index contributed by atoms with van der Waals surface area (Å²) in [5.74, 6) is 0.564. The second-order valence-electron chi connectivity index (χ2n) is 3.09. The van der Waals surface area contributed by atoms with Crippen molar-refractivity contribution in [3.8, 4) is 11.8 Å². The Bertz CT molecular complexity index is 357. The number of ether oxygens (including phenoxy) is 1. The predicted octanol–water partition coefficient (Wildman–Crippen LogP) is 3.39. The van der Waals surface area contributed by atoms with Crippen LogP contribution in [0.25, 0.3) is 0 Å². The Morgan fingerprint density at radius 1 is 1.57 bits per heavy atom. The van der Waals surface area contributed by atoms with Crippen LogP contribution in [0.1, 0.15) is 25.8 Å². The van der Waals surface area contributed by atoms with Crippen molar-refractivity contribution in [3.63, 3.8) is 0 Å². The van der Waals surface area contributed by atoms with E-state index >= 15 is 0 Å². The quantitative estimate of drug-likeness (QED) is 0.765. The fourth-order valence-corrected chi connectivity index (χ4v) is 1.15. The third kappa shape index (κ3) is 2.65. The van der Waals surface area contributed by atoms with Gasteiger partial charge in [0.15, 0.2) is 0 Å². The second-order valence-corrected chi connectivity index (χ2v) is 3.53. The van der Waals surface area contributed by atoms with Gasteiger partial charge < -0.3 is 4.74 Å². The van der Waals surface area contributed by atoms with Gasteiger partial charge in [-0.15, -0.1) is 0 Å². The topological polar surface area (TPSA) is 33.0 Å². The standard InChI is InChI=1S/C11H12ClNO/c1-3-8(2)14-11-6-10(12)5-4-9(11)7-13/h4-6,8H,3H2,1-2H3. The molecule has 3 heteroatoms. The number of nitrogens with zero attached hydrogens (tertiary/aromatic N) is 1. The van der Waals surface area contributed by atoms with E-state index in [1.54, 1.807) is 18.2 Å². The van der Waals surface area contributed by atoms with Gasteiger partial charge in [-0.25, -0.2) is 0 Å². The molecule has 0 fully saturated rings. The lowest BCUT2D eigenvalue weighted by atomic mass is 10.2. The highest BCUT2D eigenvalue weighted by Crippen LogP contribution is 2.24. The van der Waals surface area contributed by atoms with Crippen LogP contribution in [0, 0.1) is 11.3 Å². The lowest BCUT2D eigenvalue weighted by Crippen LogP contribution is -2.10. The molecule has 0 aliphatic carbocycles. The SMILES string of the molecule is CCC(C)Oc1cc(Cl)ccc1C#N. The molecule has 2 nitrogen and oxygen atoms in total. The first-order valence-corrected chi connectivity index (χ1v) is 4.91. The molecule has 0 N–H and O–H groups in total. The summed E-state index contributed by atoms with van der Waals surface area (Å²) in [5.41, 5.74) is 0.523. The molecule has 74 valence electrons. The molecule has 1 atom stereocenters. The molecule has 0 heterocycles. The van der Waals surface area contributed by atoms with Gasteiger partial charge in [0, 0.05) is 11.1 Å². The van der Waals surface area contributed by atoms with Crippen molar-refractivity contribution in [2.24, 2.45) is 0 Å². The molecule has 0 aliphatic heterocycles. The maximum atomic E-state index is 8.82. The minimum Gasteiger partial charge on any atom is -0.489 e. The molecule has 0 saturated heterocycles. The van der Waals surface area contributed by atoms with Crippen LogP contribution in [-0.2, 0) is 0 Å². The first kappa shape index (κ1) is 10.9. The van der Waals surface area contributed by atoms with Crippen LogP contribution in [0.5, 0.6) is 5.75 Å². The van der Waals surface area contributed by atoms with Crippen molar-refractivity contribution >= 4 is 11.6 Å². The maximum Gasteiger partial charge on any atom is 0.138 e. The summed E-state index contributed by atoms with van der Waals surface area (Å²) in [6.07, 6.45) is 0.998. The second kappa shape index (κ2) is 4.88. The number of rotatable bonds is 3. The summed E-state index contributed by atoms with van der Waals surface area (Å²) in [6.45, 7) is 3.99. The zero-order valence-corrected chi connectivity index (χ0v) is 9.01. The molecule has 0 saturated carbocycles. The lowest BCUT2D eigenvalue weighted by Gasteiger charge is -2.13. The molecule has 0 bridgehead atoms. The largest absolute Gasteiger partial charge is 0.489 e. The van der Waals surface area contributed by atoms with E-state index in [-0.39, 0.29) is 6.10 Å². The molecule has 1 unspecified atom stereocenters. The van der Waals surface area contributed by atoms with Gasteiger partial charge in [0.2, 0.25) is 0 Å². The zero-order valence-electron chi connectivity index (χ0n) is 8.25. The molecule has 1 rings (SSSR count). The fraction of sp³-hybridized carbons (Fsp3) is 0.364. The van der Waals surface area contributed by atoms with E-state index in [0.717, 1.165) is 6.42 Å². The molecular formula is C11H12ClNO. The minimum absolute atomic E-state index is 0.0977. The van der Waals surface area contributed by atoms with E-state index in [1.807, 2.05) is 13.8 Å². The Balaban J connectivity index is 2.94. The minimum atomic E-state index is 0.0977. The molecule has 1 aromatic rings. The summed E-state index contributed by atoms with van der Waals surface area (Å²) in [4.78, 5) is 0. The number of halogens is 1. The number of benzene rings is 1. The van der Waals surface area contributed by atoms with E-state index in [9.17, 15) is 0 Å². The van der Waals surface area contributed by atoms with Gasteiger partial charge in [-0.05, 0) is 25.5 Å². The Labute approximate surface area is 89.1 Å². The van der Waals surface area contributed by atoms with Gasteiger partial charge in [0.05, 0.1) is 11.7 Å². The van der Waals surface area contributed by atoms with E-state index in [0.29, 0.717) is 16.3 Å². The third-order valence-corrected chi connectivity index (χ3v) is 2.20. The van der Waals surface area contributed by atoms with Crippen LogP contribution in [0.15, 0.2) is 18.2 Å². The van der Waals surface area contributed by atoms with Crippen molar-refractivity contribution in [1.29, 1.82) is 5.26 Å². The predicted molar refractivity (Wildman–Crippen MR) is 56.5 cm³/mol. The number of hydrogen-bond donors (Lipinski definition) is 0. The maximum absolute atomic E-state index is 8.82. The monoisotopic (exact) mass is 209 g/mol. The first-order chi connectivity index (χ1) is 6.67. The Morgan fingerprint density at radius 3 is 2.86 bits per heavy atom. The Kier molecular flexibility index (Phi) is 3.79. The molecule has 0 aromatic heterocycles. The Morgan fingerprint density at radius 2 is 2.29 bits per heavy atom. The summed E-state index contributed by atoms with van der Waals surface area (Å²) in [7, 11) is 0. The van der Waals surface area contributed by atoms with Gasteiger partial charge in [-0.1, -0.05) is 18.5 Å².